The topological polar surface area (TPSA) is 93.5 Å². The number of benzene rings is 4. The third kappa shape index (κ3) is 6.64. The van der Waals surface area contributed by atoms with Crippen molar-refractivity contribution in [2.75, 3.05) is 18.5 Å². The van der Waals surface area contributed by atoms with Crippen molar-refractivity contribution in [2.45, 2.75) is 52.5 Å². The number of aromatic nitrogens is 2. The Labute approximate surface area is 257 Å². The minimum atomic E-state index is -0.542. The number of carbonyl (C=O) groups excluding carboxylic acids is 2. The van der Waals surface area contributed by atoms with Gasteiger partial charge in [0.1, 0.15) is 5.82 Å². The van der Waals surface area contributed by atoms with Crippen molar-refractivity contribution in [1.82, 2.24) is 14.5 Å². The molecule has 5 aromatic rings. The Morgan fingerprint density at radius 3 is 2.36 bits per heavy atom. The van der Waals surface area contributed by atoms with Crippen LogP contribution in [0, 0.1) is 0 Å². The maximum Gasteiger partial charge on any atom is 0.338 e. The molecule has 0 bridgehead atoms. The van der Waals surface area contributed by atoms with Crippen molar-refractivity contribution < 1.29 is 14.3 Å². The van der Waals surface area contributed by atoms with Crippen LogP contribution in [0.1, 0.15) is 68.7 Å². The molecule has 0 spiro atoms. The van der Waals surface area contributed by atoms with Crippen LogP contribution in [0.15, 0.2) is 95.8 Å². The number of fused-ring (bicyclic) bond motifs is 2. The fourth-order valence-corrected chi connectivity index (χ4v) is 5.41. The summed E-state index contributed by atoms with van der Waals surface area (Å²) in [5.41, 5.74) is 2.04. The van der Waals surface area contributed by atoms with E-state index < -0.39 is 12.0 Å². The van der Waals surface area contributed by atoms with Crippen LogP contribution >= 0.6 is 0 Å². The molecule has 8 heteroatoms. The van der Waals surface area contributed by atoms with E-state index in [1.165, 1.54) is 0 Å². The van der Waals surface area contributed by atoms with Crippen molar-refractivity contribution >= 4 is 39.4 Å². The molecular weight excluding hydrogens is 552 g/mol. The molecule has 0 radical (unpaired) electrons. The molecule has 0 aliphatic carbocycles. The summed E-state index contributed by atoms with van der Waals surface area (Å²) in [5.74, 6) is 0.0675. The second-order valence-corrected chi connectivity index (χ2v) is 10.8. The first-order chi connectivity index (χ1) is 21.4. The normalized spacial score (nSPS) is 11.8. The quantitative estimate of drug-likeness (QED) is 0.125. The Morgan fingerprint density at radius 2 is 1.61 bits per heavy atom. The van der Waals surface area contributed by atoms with Gasteiger partial charge in [0.05, 0.1) is 34.8 Å². The number of esters is 1. The lowest BCUT2D eigenvalue weighted by molar-refractivity contribution is 0.0526. The predicted octanol–water partition coefficient (Wildman–Crippen LogP) is 7.89. The zero-order valence-electron chi connectivity index (χ0n) is 25.5. The van der Waals surface area contributed by atoms with Gasteiger partial charge in [-0.25, -0.2) is 14.6 Å². The fraction of sp³-hybridized carbons (Fsp3) is 0.278. The van der Waals surface area contributed by atoms with Crippen LogP contribution in [0.25, 0.3) is 27.4 Å². The van der Waals surface area contributed by atoms with Gasteiger partial charge in [-0.2, -0.15) is 0 Å². The van der Waals surface area contributed by atoms with E-state index in [-0.39, 0.29) is 18.2 Å². The van der Waals surface area contributed by atoms with Gasteiger partial charge in [0.25, 0.3) is 5.56 Å². The molecule has 0 aliphatic rings. The van der Waals surface area contributed by atoms with E-state index in [1.807, 2.05) is 67.6 Å². The largest absolute Gasteiger partial charge is 0.462 e. The molecule has 1 unspecified atom stereocenters. The molecule has 1 atom stereocenters. The number of amides is 2. The zero-order valence-corrected chi connectivity index (χ0v) is 25.5. The summed E-state index contributed by atoms with van der Waals surface area (Å²) in [7, 11) is 0. The van der Waals surface area contributed by atoms with Crippen LogP contribution in [-0.4, -0.2) is 39.6 Å². The van der Waals surface area contributed by atoms with Gasteiger partial charge in [0.2, 0.25) is 0 Å². The Morgan fingerprint density at radius 1 is 0.886 bits per heavy atom. The van der Waals surface area contributed by atoms with Crippen molar-refractivity contribution in [3.05, 3.63) is 113 Å². The van der Waals surface area contributed by atoms with E-state index >= 15 is 0 Å². The van der Waals surface area contributed by atoms with Crippen LogP contribution in [0.4, 0.5) is 10.5 Å². The first-order valence-corrected chi connectivity index (χ1v) is 15.3. The van der Waals surface area contributed by atoms with Crippen molar-refractivity contribution in [3.8, 4) is 5.69 Å². The molecule has 0 fully saturated rings. The minimum Gasteiger partial charge on any atom is -0.462 e. The predicted molar refractivity (Wildman–Crippen MR) is 176 cm³/mol. The summed E-state index contributed by atoms with van der Waals surface area (Å²) in [6, 6.07) is 27.0. The average molecular weight is 591 g/mol. The fourth-order valence-electron chi connectivity index (χ4n) is 5.41. The first-order valence-electron chi connectivity index (χ1n) is 15.3. The summed E-state index contributed by atoms with van der Waals surface area (Å²) in [6.45, 7) is 6.59. The van der Waals surface area contributed by atoms with Gasteiger partial charge in [0, 0.05) is 12.2 Å². The lowest BCUT2D eigenvalue weighted by Crippen LogP contribution is -2.40. The molecule has 0 aliphatic heterocycles. The molecule has 2 amide bonds. The van der Waals surface area contributed by atoms with Crippen LogP contribution in [0.5, 0.6) is 0 Å². The van der Waals surface area contributed by atoms with Crippen LogP contribution < -0.4 is 10.9 Å². The number of nitrogens with zero attached hydrogens (tertiary/aromatic N) is 3. The van der Waals surface area contributed by atoms with E-state index in [9.17, 15) is 14.4 Å². The van der Waals surface area contributed by atoms with Gasteiger partial charge < -0.3 is 15.0 Å². The molecule has 226 valence electrons. The first kappa shape index (κ1) is 30.5. The molecule has 44 heavy (non-hydrogen) atoms. The minimum absolute atomic E-state index is 0.186. The number of hydrogen-bond donors (Lipinski definition) is 1. The molecule has 0 saturated carbocycles. The summed E-state index contributed by atoms with van der Waals surface area (Å²) in [5, 5.41) is 5.57. The van der Waals surface area contributed by atoms with E-state index in [0.717, 1.165) is 36.5 Å². The maximum atomic E-state index is 14.1. The van der Waals surface area contributed by atoms with Gasteiger partial charge in [0.15, 0.2) is 0 Å². The lowest BCUT2D eigenvalue weighted by atomic mass is 10.1. The van der Waals surface area contributed by atoms with Crippen molar-refractivity contribution in [1.29, 1.82) is 0 Å². The zero-order chi connectivity index (χ0) is 31.1. The van der Waals surface area contributed by atoms with E-state index in [1.54, 1.807) is 46.7 Å². The lowest BCUT2D eigenvalue weighted by Gasteiger charge is -2.31. The van der Waals surface area contributed by atoms with Crippen LogP contribution in [0.3, 0.4) is 0 Å². The highest BCUT2D eigenvalue weighted by atomic mass is 16.5. The number of carbonyl (C=O) groups is 2. The average Bonchev–Trinajstić information content (AvgIpc) is 3.04. The number of nitrogens with one attached hydrogen (secondary N) is 1. The molecule has 8 nitrogen and oxygen atoms in total. The van der Waals surface area contributed by atoms with Gasteiger partial charge in [-0.05, 0) is 79.6 Å². The monoisotopic (exact) mass is 590 g/mol. The van der Waals surface area contributed by atoms with Gasteiger partial charge in [-0.3, -0.25) is 9.36 Å². The highest BCUT2D eigenvalue weighted by Gasteiger charge is 2.27. The molecule has 1 aromatic heterocycles. The Hall–Kier alpha value is -4.98. The standard InChI is InChI=1S/C36H38N4O4/c1-4-6-7-12-23-39(36(43)37-29-20-17-27(18-21-29)35(42)44-5-2)25(3)33-38-32-16-11-10-15-31(32)34(41)40(33)30-22-19-26-13-8-9-14-28(26)24-30/h8-11,13-22,24-25H,4-7,12,23H2,1-3H3,(H,37,43). The highest BCUT2D eigenvalue weighted by molar-refractivity contribution is 5.92. The summed E-state index contributed by atoms with van der Waals surface area (Å²) in [4.78, 5) is 46.8. The Balaban J connectivity index is 1.55. The number of anilines is 1. The molecular formula is C36H38N4O4. The number of rotatable bonds is 11. The Bertz CT molecular complexity index is 1830. The SMILES string of the molecule is CCCCCCN(C(=O)Nc1ccc(C(=O)OCC)cc1)C(C)c1nc2ccccc2c(=O)n1-c1ccc2ccccc2c1. The number of hydrogen-bond acceptors (Lipinski definition) is 5. The molecule has 0 saturated heterocycles. The smallest absolute Gasteiger partial charge is 0.338 e. The molecule has 1 N–H and O–H groups in total. The second-order valence-electron chi connectivity index (χ2n) is 10.8. The summed E-state index contributed by atoms with van der Waals surface area (Å²) >= 11 is 0. The van der Waals surface area contributed by atoms with Crippen LogP contribution in [0.2, 0.25) is 0 Å². The van der Waals surface area contributed by atoms with Gasteiger partial charge >= 0.3 is 12.0 Å². The maximum absolute atomic E-state index is 14.1. The van der Waals surface area contributed by atoms with Crippen molar-refractivity contribution in [3.63, 3.8) is 0 Å². The van der Waals surface area contributed by atoms with Gasteiger partial charge in [-0.15, -0.1) is 0 Å². The van der Waals surface area contributed by atoms with E-state index in [0.29, 0.717) is 40.2 Å². The van der Waals surface area contributed by atoms with E-state index in [4.69, 9.17) is 9.72 Å². The summed E-state index contributed by atoms with van der Waals surface area (Å²) < 4.78 is 6.71. The number of urea groups is 1. The second kappa shape index (κ2) is 14.0. The summed E-state index contributed by atoms with van der Waals surface area (Å²) in [6.07, 6.45) is 3.92. The molecule has 5 rings (SSSR count). The third-order valence-electron chi connectivity index (χ3n) is 7.79. The van der Waals surface area contributed by atoms with Gasteiger partial charge in [-0.1, -0.05) is 68.7 Å². The highest BCUT2D eigenvalue weighted by Crippen LogP contribution is 2.26. The van der Waals surface area contributed by atoms with Crippen molar-refractivity contribution in [2.24, 2.45) is 0 Å². The Kier molecular flexibility index (Phi) is 9.69. The van der Waals surface area contributed by atoms with E-state index in [2.05, 4.69) is 12.2 Å². The van der Waals surface area contributed by atoms with Crippen LogP contribution in [-0.2, 0) is 4.74 Å². The molecule has 1 heterocycles. The number of unbranched alkanes of at least 4 members (excludes halogenated alkanes) is 3. The molecule has 4 aromatic carbocycles. The third-order valence-corrected chi connectivity index (χ3v) is 7.79. The number of ether oxygens (including phenoxy) is 1. The number of para-hydroxylation sites is 1.